The Hall–Kier alpha value is -2.71. The number of carbonyl (C=O) groups is 2. The molecule has 0 spiro atoms. The monoisotopic (exact) mass is 485 g/mol. The van der Waals surface area contributed by atoms with E-state index in [4.69, 9.17) is 0 Å². The molecule has 8 heteroatoms. The van der Waals surface area contributed by atoms with Gasteiger partial charge in [-0.1, -0.05) is 37.6 Å². The van der Waals surface area contributed by atoms with Crippen molar-refractivity contribution in [1.29, 1.82) is 0 Å². The van der Waals surface area contributed by atoms with Crippen LogP contribution in [-0.4, -0.2) is 49.7 Å². The number of hydrogen-bond donors (Lipinski definition) is 1. The van der Waals surface area contributed by atoms with E-state index in [9.17, 15) is 18.0 Å². The highest BCUT2D eigenvalue weighted by atomic mass is 32.2. The smallest absolute Gasteiger partial charge is 0.247 e. The minimum Gasteiger partial charge on any atom is -0.354 e. The van der Waals surface area contributed by atoms with Crippen LogP contribution < -0.4 is 10.2 Å². The molecular weight excluding hydrogens is 450 g/mol. The molecule has 1 fully saturated rings. The van der Waals surface area contributed by atoms with Gasteiger partial charge in [-0.2, -0.15) is 4.31 Å². The summed E-state index contributed by atoms with van der Waals surface area (Å²) in [6.07, 6.45) is 0.783. The van der Waals surface area contributed by atoms with Gasteiger partial charge in [-0.25, -0.2) is 8.42 Å². The topological polar surface area (TPSA) is 86.8 Å². The fraction of sp³-hybridized carbons (Fsp3) is 0.462. The molecule has 1 heterocycles. The van der Waals surface area contributed by atoms with Gasteiger partial charge in [0.25, 0.3) is 0 Å². The third-order valence-corrected chi connectivity index (χ3v) is 8.25. The highest BCUT2D eigenvalue weighted by Gasteiger charge is 2.51. The van der Waals surface area contributed by atoms with Crippen molar-refractivity contribution in [1.82, 2.24) is 9.62 Å². The number of piperazine rings is 1. The van der Waals surface area contributed by atoms with Gasteiger partial charge >= 0.3 is 0 Å². The molecule has 3 rings (SSSR count). The van der Waals surface area contributed by atoms with Crippen molar-refractivity contribution < 1.29 is 18.0 Å². The molecule has 0 aliphatic carbocycles. The lowest BCUT2D eigenvalue weighted by Gasteiger charge is -2.46. The first-order chi connectivity index (χ1) is 15.9. The molecule has 2 aromatic carbocycles. The largest absolute Gasteiger partial charge is 0.354 e. The lowest BCUT2D eigenvalue weighted by Crippen LogP contribution is -2.70. The number of nitrogens with zero attached hydrogens (tertiary/aromatic N) is 2. The summed E-state index contributed by atoms with van der Waals surface area (Å²) in [4.78, 5) is 28.6. The first-order valence-electron chi connectivity index (χ1n) is 11.6. The molecular formula is C26H35N3O4S. The van der Waals surface area contributed by atoms with Crippen LogP contribution in [0.3, 0.4) is 0 Å². The van der Waals surface area contributed by atoms with Crippen LogP contribution in [0.2, 0.25) is 0 Å². The van der Waals surface area contributed by atoms with Gasteiger partial charge in [-0.3, -0.25) is 14.5 Å². The van der Waals surface area contributed by atoms with Crippen LogP contribution in [0.5, 0.6) is 0 Å². The summed E-state index contributed by atoms with van der Waals surface area (Å²) in [5.74, 6) is -0.411. The number of sulfonamides is 1. The standard InChI is InChI=1S/C26H35N3O4S/c1-18(2)13-14-27-25(31)26(6)17-28(34(32,33)23-11-7-19(3)8-12-23)16-24(30)29(26)22-10-9-20(4)21(5)15-22/h7-12,15,18H,13-14,16-17H2,1-6H3,(H,27,31)/t26-/m0/s1. The van der Waals surface area contributed by atoms with E-state index in [0.29, 0.717) is 18.2 Å². The number of benzene rings is 2. The third kappa shape index (κ3) is 5.18. The zero-order chi connectivity index (χ0) is 25.3. The Kier molecular flexibility index (Phi) is 7.53. The second kappa shape index (κ2) is 9.88. The predicted octanol–water partition coefficient (Wildman–Crippen LogP) is 3.57. The lowest BCUT2D eigenvalue weighted by molar-refractivity contribution is -0.132. The highest BCUT2D eigenvalue weighted by molar-refractivity contribution is 7.89. The van der Waals surface area contributed by atoms with Gasteiger partial charge in [-0.05, 0) is 75.4 Å². The van der Waals surface area contributed by atoms with Crippen molar-refractivity contribution in [3.63, 3.8) is 0 Å². The summed E-state index contributed by atoms with van der Waals surface area (Å²) in [5, 5.41) is 2.94. The van der Waals surface area contributed by atoms with Crippen molar-refractivity contribution in [2.75, 3.05) is 24.5 Å². The summed E-state index contributed by atoms with van der Waals surface area (Å²) in [5.41, 5.74) is 2.17. The highest BCUT2D eigenvalue weighted by Crippen LogP contribution is 2.33. The maximum absolute atomic E-state index is 13.5. The van der Waals surface area contributed by atoms with E-state index in [-0.39, 0.29) is 23.9 Å². The van der Waals surface area contributed by atoms with E-state index in [1.54, 1.807) is 19.1 Å². The Bertz CT molecular complexity index is 1180. The van der Waals surface area contributed by atoms with Crippen LogP contribution in [0.15, 0.2) is 47.4 Å². The van der Waals surface area contributed by atoms with Gasteiger partial charge in [0.05, 0.1) is 11.4 Å². The third-order valence-electron chi connectivity index (χ3n) is 6.44. The van der Waals surface area contributed by atoms with E-state index in [2.05, 4.69) is 19.2 Å². The average molecular weight is 486 g/mol. The second-order valence-electron chi connectivity index (χ2n) is 9.80. The molecule has 0 saturated carbocycles. The fourth-order valence-electron chi connectivity index (χ4n) is 4.13. The summed E-state index contributed by atoms with van der Waals surface area (Å²) in [7, 11) is -3.96. The molecule has 184 valence electrons. The van der Waals surface area contributed by atoms with E-state index in [1.165, 1.54) is 17.0 Å². The number of carbonyl (C=O) groups excluding carboxylic acids is 2. The molecule has 0 unspecified atom stereocenters. The van der Waals surface area contributed by atoms with E-state index >= 15 is 0 Å². The molecule has 1 saturated heterocycles. The molecule has 0 bridgehead atoms. The van der Waals surface area contributed by atoms with Gasteiger partial charge < -0.3 is 5.32 Å². The Morgan fingerprint density at radius 3 is 2.29 bits per heavy atom. The van der Waals surface area contributed by atoms with Crippen LogP contribution in [-0.2, 0) is 19.6 Å². The van der Waals surface area contributed by atoms with Crippen molar-refractivity contribution in [3.05, 3.63) is 59.2 Å². The van der Waals surface area contributed by atoms with Crippen LogP contribution in [0.1, 0.15) is 43.9 Å². The summed E-state index contributed by atoms with van der Waals surface area (Å²) < 4.78 is 28.0. The quantitative estimate of drug-likeness (QED) is 0.650. The number of nitrogens with one attached hydrogen (secondary N) is 1. The van der Waals surface area contributed by atoms with Crippen LogP contribution in [0, 0.1) is 26.7 Å². The van der Waals surface area contributed by atoms with Gasteiger partial charge in [0, 0.05) is 18.8 Å². The Balaban J connectivity index is 2.02. The lowest BCUT2D eigenvalue weighted by atomic mass is 9.93. The number of rotatable bonds is 7. The first kappa shape index (κ1) is 25.9. The Morgan fingerprint density at radius 1 is 1.06 bits per heavy atom. The van der Waals surface area contributed by atoms with Gasteiger partial charge in [0.15, 0.2) is 0 Å². The van der Waals surface area contributed by atoms with E-state index in [0.717, 1.165) is 27.4 Å². The predicted molar refractivity (Wildman–Crippen MR) is 134 cm³/mol. The number of amides is 2. The van der Waals surface area contributed by atoms with Gasteiger partial charge in [-0.15, -0.1) is 0 Å². The maximum Gasteiger partial charge on any atom is 0.247 e. The average Bonchev–Trinajstić information content (AvgIpc) is 2.75. The molecule has 1 atom stereocenters. The SMILES string of the molecule is Cc1ccc(S(=O)(=O)N2CC(=O)N(c3ccc(C)c(C)c3)[C@](C)(C(=O)NCCC(C)C)C2)cc1. The Labute approximate surface area is 203 Å². The van der Waals surface area contributed by atoms with Crippen LogP contribution in [0.25, 0.3) is 0 Å². The van der Waals surface area contributed by atoms with Crippen molar-refractivity contribution in [2.24, 2.45) is 5.92 Å². The van der Waals surface area contributed by atoms with Crippen LogP contribution >= 0.6 is 0 Å². The molecule has 34 heavy (non-hydrogen) atoms. The summed E-state index contributed by atoms with van der Waals surface area (Å²) in [6.45, 7) is 11.5. The van der Waals surface area contributed by atoms with Crippen molar-refractivity contribution in [3.8, 4) is 0 Å². The first-order valence-corrected chi connectivity index (χ1v) is 13.1. The molecule has 1 aliphatic heterocycles. The molecule has 2 amide bonds. The zero-order valence-corrected chi connectivity index (χ0v) is 21.7. The van der Waals surface area contributed by atoms with E-state index in [1.807, 2.05) is 39.0 Å². The van der Waals surface area contributed by atoms with Crippen LogP contribution in [0.4, 0.5) is 5.69 Å². The summed E-state index contributed by atoms with van der Waals surface area (Å²) >= 11 is 0. The molecule has 0 aromatic heterocycles. The normalized spacial score (nSPS) is 19.5. The number of hydrogen-bond acceptors (Lipinski definition) is 4. The number of anilines is 1. The molecule has 1 N–H and O–H groups in total. The summed E-state index contributed by atoms with van der Waals surface area (Å²) in [6, 6.07) is 12.1. The zero-order valence-electron chi connectivity index (χ0n) is 20.9. The number of aryl methyl sites for hydroxylation is 3. The fourth-order valence-corrected chi connectivity index (χ4v) is 5.61. The van der Waals surface area contributed by atoms with Crippen molar-refractivity contribution >= 4 is 27.5 Å². The minimum absolute atomic E-state index is 0.105. The minimum atomic E-state index is -3.96. The molecule has 7 nitrogen and oxygen atoms in total. The molecule has 2 aromatic rings. The van der Waals surface area contributed by atoms with Crippen molar-refractivity contribution in [2.45, 2.75) is 58.4 Å². The second-order valence-corrected chi connectivity index (χ2v) is 11.7. The maximum atomic E-state index is 13.5. The molecule has 1 aliphatic rings. The van der Waals surface area contributed by atoms with E-state index < -0.39 is 21.5 Å². The van der Waals surface area contributed by atoms with Gasteiger partial charge in [0.1, 0.15) is 5.54 Å². The van der Waals surface area contributed by atoms with Gasteiger partial charge in [0.2, 0.25) is 21.8 Å². The Morgan fingerprint density at radius 2 is 1.71 bits per heavy atom. The molecule has 0 radical (unpaired) electrons.